The zero-order valence-corrected chi connectivity index (χ0v) is 17.6. The van der Waals surface area contributed by atoms with Crippen molar-refractivity contribution < 1.29 is 4.79 Å². The van der Waals surface area contributed by atoms with Crippen molar-refractivity contribution in [2.24, 2.45) is 11.8 Å². The zero-order chi connectivity index (χ0) is 19.5. The molecule has 26 heavy (non-hydrogen) atoms. The van der Waals surface area contributed by atoms with Crippen LogP contribution in [0.25, 0.3) is 0 Å². The molecule has 1 saturated heterocycles. The van der Waals surface area contributed by atoms with Crippen LogP contribution >= 0.6 is 0 Å². The Bertz CT molecular complexity index is 619. The number of carbonyl (C=O) groups excluding carboxylic acids is 1. The van der Waals surface area contributed by atoms with Gasteiger partial charge in [-0.25, -0.2) is 9.97 Å². The van der Waals surface area contributed by atoms with Crippen LogP contribution in [0.15, 0.2) is 6.07 Å². The second kappa shape index (κ2) is 8.36. The summed E-state index contributed by atoms with van der Waals surface area (Å²) in [6.45, 7) is 17.5. The van der Waals surface area contributed by atoms with Crippen LogP contribution in [0, 0.1) is 11.8 Å². The maximum Gasteiger partial charge on any atom is 0.222 e. The topological polar surface area (TPSA) is 58.1 Å². The van der Waals surface area contributed by atoms with Gasteiger partial charge in [-0.1, -0.05) is 48.5 Å². The number of anilines is 1. The maximum absolute atomic E-state index is 11.9. The van der Waals surface area contributed by atoms with E-state index in [0.29, 0.717) is 11.8 Å². The molecule has 0 saturated carbocycles. The predicted octanol–water partition coefficient (Wildman–Crippen LogP) is 3.89. The van der Waals surface area contributed by atoms with Crippen molar-refractivity contribution in [3.05, 3.63) is 17.6 Å². The van der Waals surface area contributed by atoms with Gasteiger partial charge in [0, 0.05) is 43.0 Å². The fraction of sp³-hybridized carbons (Fsp3) is 0.762. The quantitative estimate of drug-likeness (QED) is 0.865. The summed E-state index contributed by atoms with van der Waals surface area (Å²) in [4.78, 5) is 23.9. The minimum absolute atomic E-state index is 0.00174. The second-order valence-electron chi connectivity index (χ2n) is 9.23. The number of piperidine rings is 1. The molecule has 1 atom stereocenters. The average molecular weight is 361 g/mol. The number of nitrogens with zero attached hydrogens (tertiary/aromatic N) is 3. The highest BCUT2D eigenvalue weighted by Gasteiger charge is 2.25. The van der Waals surface area contributed by atoms with Gasteiger partial charge in [-0.2, -0.15) is 0 Å². The number of amides is 1. The third kappa shape index (κ3) is 5.42. The molecule has 0 radical (unpaired) electrons. The zero-order valence-electron chi connectivity index (χ0n) is 17.6. The monoisotopic (exact) mass is 360 g/mol. The Balaban J connectivity index is 2.16. The van der Waals surface area contributed by atoms with Gasteiger partial charge >= 0.3 is 0 Å². The van der Waals surface area contributed by atoms with Gasteiger partial charge in [-0.3, -0.25) is 4.79 Å². The van der Waals surface area contributed by atoms with E-state index < -0.39 is 0 Å². The first-order chi connectivity index (χ1) is 12.1. The second-order valence-corrected chi connectivity index (χ2v) is 9.23. The Morgan fingerprint density at radius 3 is 2.54 bits per heavy atom. The van der Waals surface area contributed by atoms with E-state index in [0.717, 1.165) is 49.8 Å². The smallest absolute Gasteiger partial charge is 0.222 e. The molecule has 1 fully saturated rings. The molecule has 0 spiro atoms. The summed E-state index contributed by atoms with van der Waals surface area (Å²) in [5.41, 5.74) is 1.10. The van der Waals surface area contributed by atoms with Crippen LogP contribution in [0.1, 0.15) is 78.7 Å². The van der Waals surface area contributed by atoms with Crippen molar-refractivity contribution >= 4 is 11.7 Å². The van der Waals surface area contributed by atoms with Crippen LogP contribution in [0.2, 0.25) is 0 Å². The van der Waals surface area contributed by atoms with Gasteiger partial charge in [-0.15, -0.1) is 0 Å². The number of nitrogens with one attached hydrogen (secondary N) is 1. The van der Waals surface area contributed by atoms with Crippen molar-refractivity contribution in [3.63, 3.8) is 0 Å². The van der Waals surface area contributed by atoms with Gasteiger partial charge in [0.15, 0.2) is 0 Å². The fourth-order valence-electron chi connectivity index (χ4n) is 3.15. The normalized spacial score (nSPS) is 18.5. The molecule has 0 aromatic carbocycles. The largest absolute Gasteiger partial charge is 0.356 e. The van der Waals surface area contributed by atoms with Gasteiger partial charge in [0.25, 0.3) is 0 Å². The molecule has 5 nitrogen and oxygen atoms in total. The number of carbonyl (C=O) groups is 1. The van der Waals surface area contributed by atoms with E-state index in [1.54, 1.807) is 0 Å². The third-order valence-electron chi connectivity index (χ3n) is 4.95. The van der Waals surface area contributed by atoms with Crippen LogP contribution in [-0.4, -0.2) is 35.5 Å². The van der Waals surface area contributed by atoms with E-state index in [9.17, 15) is 4.79 Å². The molecule has 1 aromatic rings. The van der Waals surface area contributed by atoms with Crippen molar-refractivity contribution in [2.45, 2.75) is 72.6 Å². The molecule has 5 heteroatoms. The van der Waals surface area contributed by atoms with Crippen molar-refractivity contribution in [3.8, 4) is 0 Å². The molecule has 1 aliphatic rings. The summed E-state index contributed by atoms with van der Waals surface area (Å²) >= 11 is 0. The highest BCUT2D eigenvalue weighted by molar-refractivity contribution is 5.77. The van der Waals surface area contributed by atoms with Crippen LogP contribution in [0.5, 0.6) is 0 Å². The van der Waals surface area contributed by atoms with Gasteiger partial charge < -0.3 is 10.2 Å². The van der Waals surface area contributed by atoms with Gasteiger partial charge in [0.05, 0.1) is 5.69 Å². The van der Waals surface area contributed by atoms with Crippen LogP contribution in [-0.2, 0) is 10.2 Å². The molecule has 146 valence electrons. The Morgan fingerprint density at radius 2 is 1.96 bits per heavy atom. The first kappa shape index (κ1) is 20.7. The molecule has 0 bridgehead atoms. The van der Waals surface area contributed by atoms with E-state index in [1.165, 1.54) is 0 Å². The minimum Gasteiger partial charge on any atom is -0.356 e. The Kier molecular flexibility index (Phi) is 6.64. The summed E-state index contributed by atoms with van der Waals surface area (Å²) in [6.07, 6.45) is 2.29. The summed E-state index contributed by atoms with van der Waals surface area (Å²) < 4.78 is 0. The first-order valence-electron chi connectivity index (χ1n) is 10.00. The highest BCUT2D eigenvalue weighted by Crippen LogP contribution is 2.28. The Labute approximate surface area is 159 Å². The SMILES string of the molecule is CC(C)C(=O)NCC1CCCN(c2cc(C(C)(C)C)nc(C(C)C)n2)C1. The molecule has 2 heterocycles. The number of hydrogen-bond donors (Lipinski definition) is 1. The standard InChI is InChI=1S/C21H36N4O/c1-14(2)19-23-17(21(5,6)7)11-18(24-19)25-10-8-9-16(13-25)12-22-20(26)15(3)4/h11,14-16H,8-10,12-13H2,1-7H3,(H,22,26). The fourth-order valence-corrected chi connectivity index (χ4v) is 3.15. The molecule has 0 aliphatic carbocycles. The number of rotatable bonds is 5. The molecule has 1 amide bonds. The summed E-state index contributed by atoms with van der Waals surface area (Å²) in [5, 5.41) is 3.09. The van der Waals surface area contributed by atoms with Crippen LogP contribution in [0.4, 0.5) is 5.82 Å². The molecule has 1 N–H and O–H groups in total. The number of aromatic nitrogens is 2. The number of hydrogen-bond acceptors (Lipinski definition) is 4. The molecule has 2 rings (SSSR count). The maximum atomic E-state index is 11.9. The van der Waals surface area contributed by atoms with Gasteiger partial charge in [0.2, 0.25) is 5.91 Å². The van der Waals surface area contributed by atoms with Crippen molar-refractivity contribution in [2.75, 3.05) is 24.5 Å². The van der Waals surface area contributed by atoms with E-state index >= 15 is 0 Å². The van der Waals surface area contributed by atoms with Crippen LogP contribution in [0.3, 0.4) is 0 Å². The molecular weight excluding hydrogens is 324 g/mol. The summed E-state index contributed by atoms with van der Waals surface area (Å²) in [6, 6.07) is 2.15. The van der Waals surface area contributed by atoms with E-state index in [2.05, 4.69) is 50.9 Å². The Hall–Kier alpha value is -1.65. The lowest BCUT2D eigenvalue weighted by Gasteiger charge is -2.34. The van der Waals surface area contributed by atoms with E-state index in [-0.39, 0.29) is 17.2 Å². The van der Waals surface area contributed by atoms with Crippen molar-refractivity contribution in [1.29, 1.82) is 0 Å². The summed E-state index contributed by atoms with van der Waals surface area (Å²) in [5.74, 6) is 2.92. The predicted molar refractivity (Wildman–Crippen MR) is 108 cm³/mol. The minimum atomic E-state index is 0.00174. The Morgan fingerprint density at radius 1 is 1.27 bits per heavy atom. The molecular formula is C21H36N4O. The summed E-state index contributed by atoms with van der Waals surface area (Å²) in [7, 11) is 0. The molecule has 1 aromatic heterocycles. The first-order valence-corrected chi connectivity index (χ1v) is 10.00. The van der Waals surface area contributed by atoms with Crippen molar-refractivity contribution in [1.82, 2.24) is 15.3 Å². The van der Waals surface area contributed by atoms with Crippen LogP contribution < -0.4 is 10.2 Å². The van der Waals surface area contributed by atoms with E-state index in [4.69, 9.17) is 9.97 Å². The lowest BCUT2D eigenvalue weighted by atomic mass is 9.91. The average Bonchev–Trinajstić information content (AvgIpc) is 2.58. The highest BCUT2D eigenvalue weighted by atomic mass is 16.1. The molecule has 1 aliphatic heterocycles. The molecule has 1 unspecified atom stereocenters. The lowest BCUT2D eigenvalue weighted by molar-refractivity contribution is -0.124. The van der Waals surface area contributed by atoms with E-state index in [1.807, 2.05) is 13.8 Å². The lowest BCUT2D eigenvalue weighted by Crippen LogP contribution is -2.42. The third-order valence-corrected chi connectivity index (χ3v) is 4.95. The van der Waals surface area contributed by atoms with Gasteiger partial charge in [-0.05, 0) is 18.8 Å². The van der Waals surface area contributed by atoms with Gasteiger partial charge in [0.1, 0.15) is 11.6 Å².